The number of carbonyl (C=O) groups excluding carboxylic acids is 1. The highest BCUT2D eigenvalue weighted by Crippen LogP contribution is 2.48. The molecule has 13 nitrogen and oxygen atoms in total. The molecule has 1 unspecified atom stereocenters. The second kappa shape index (κ2) is 7.98. The van der Waals surface area contributed by atoms with E-state index in [1.807, 2.05) is 0 Å². The number of anilines is 1. The van der Waals surface area contributed by atoms with Gasteiger partial charge < -0.3 is 30.4 Å². The van der Waals surface area contributed by atoms with Crippen LogP contribution in [0.5, 0.6) is 0 Å². The number of nitrogens with zero attached hydrogens (tertiary/aromatic N) is 6. The first-order valence-corrected chi connectivity index (χ1v) is 11.4. The Morgan fingerprint density at radius 1 is 1.26 bits per heavy atom. The van der Waals surface area contributed by atoms with Crippen molar-refractivity contribution in [1.82, 2.24) is 34.6 Å². The summed E-state index contributed by atoms with van der Waals surface area (Å²) in [5.74, 6) is -0.566. The molecule has 3 aromatic rings. The third-order valence-electron chi connectivity index (χ3n) is 6.77. The van der Waals surface area contributed by atoms with Gasteiger partial charge in [-0.3, -0.25) is 9.36 Å². The Hall–Kier alpha value is -3.13. The number of aromatic nitrogens is 6. The fourth-order valence-corrected chi connectivity index (χ4v) is 5.11. The number of nitrogens with one attached hydrogen (secondary N) is 1. The predicted molar refractivity (Wildman–Crippen MR) is 117 cm³/mol. The number of carbonyl (C=O) groups is 1. The van der Waals surface area contributed by atoms with Crippen LogP contribution in [0, 0.1) is 0 Å². The molecule has 3 fully saturated rings. The Kier molecular flexibility index (Phi) is 5.02. The Balaban J connectivity index is 1.38. The van der Waals surface area contributed by atoms with E-state index in [1.54, 1.807) is 17.9 Å². The minimum atomic E-state index is -0.635. The normalized spacial score (nSPS) is 27.9. The minimum Gasteiger partial charge on any atom is -0.394 e. The van der Waals surface area contributed by atoms with Gasteiger partial charge >= 0.3 is 0 Å². The molecule has 4 N–H and O–H groups in total. The zero-order valence-corrected chi connectivity index (χ0v) is 18.6. The summed E-state index contributed by atoms with van der Waals surface area (Å²) in [5, 5.41) is 16.7. The summed E-state index contributed by atoms with van der Waals surface area (Å²) in [5.41, 5.74) is 7.38. The van der Waals surface area contributed by atoms with Crippen LogP contribution in [0.15, 0.2) is 18.7 Å². The van der Waals surface area contributed by atoms with Crippen molar-refractivity contribution in [3.63, 3.8) is 0 Å². The van der Waals surface area contributed by atoms with Gasteiger partial charge in [-0.1, -0.05) is 6.42 Å². The van der Waals surface area contributed by atoms with Crippen LogP contribution >= 0.6 is 0 Å². The number of imidazole rings is 1. The van der Waals surface area contributed by atoms with Gasteiger partial charge in [-0.25, -0.2) is 9.67 Å². The van der Waals surface area contributed by atoms with Gasteiger partial charge in [0.25, 0.3) is 11.9 Å². The molecule has 3 aliphatic rings. The van der Waals surface area contributed by atoms with Crippen molar-refractivity contribution in [1.29, 1.82) is 0 Å². The van der Waals surface area contributed by atoms with Crippen molar-refractivity contribution in [3.8, 4) is 5.95 Å². The van der Waals surface area contributed by atoms with Crippen LogP contribution in [0.1, 0.15) is 48.7 Å². The van der Waals surface area contributed by atoms with Gasteiger partial charge in [-0.15, -0.1) is 0 Å². The average molecular weight is 470 g/mol. The second-order valence-electron chi connectivity index (χ2n) is 8.87. The van der Waals surface area contributed by atoms with Crippen LogP contribution in [0.25, 0.3) is 17.1 Å². The van der Waals surface area contributed by atoms with Crippen molar-refractivity contribution < 1.29 is 24.1 Å². The summed E-state index contributed by atoms with van der Waals surface area (Å²) in [6.07, 6.45) is 7.42. The van der Waals surface area contributed by atoms with Gasteiger partial charge in [-0.05, 0) is 12.8 Å². The highest BCUT2D eigenvalue weighted by atomic mass is 16.8. The molecule has 2 saturated heterocycles. The van der Waals surface area contributed by atoms with E-state index in [0.29, 0.717) is 16.7 Å². The third kappa shape index (κ3) is 3.27. The summed E-state index contributed by atoms with van der Waals surface area (Å²) in [6.45, 7) is -0.193. The molecule has 5 heterocycles. The lowest BCUT2D eigenvalue weighted by molar-refractivity contribution is -0.232. The van der Waals surface area contributed by atoms with Crippen LogP contribution in [0.2, 0.25) is 0 Å². The van der Waals surface area contributed by atoms with Crippen molar-refractivity contribution in [3.05, 3.63) is 24.3 Å². The molecule has 13 heteroatoms. The van der Waals surface area contributed by atoms with E-state index < -0.39 is 30.3 Å². The lowest BCUT2D eigenvalue weighted by Crippen LogP contribution is -2.37. The molecule has 1 saturated carbocycles. The molecule has 180 valence electrons. The number of amides is 1. The quantitative estimate of drug-likeness (QED) is 0.482. The number of rotatable bonds is 4. The molecule has 4 atom stereocenters. The highest BCUT2D eigenvalue weighted by molar-refractivity contribution is 5.93. The Morgan fingerprint density at radius 3 is 2.82 bits per heavy atom. The molecule has 2 aliphatic heterocycles. The largest absolute Gasteiger partial charge is 0.394 e. The van der Waals surface area contributed by atoms with E-state index >= 15 is 0 Å². The minimum absolute atomic E-state index is 0.163. The molecule has 6 rings (SSSR count). The number of nitrogen functional groups attached to an aromatic ring is 1. The number of hydrogen-bond acceptors (Lipinski definition) is 10. The Labute approximate surface area is 194 Å². The smallest absolute Gasteiger partial charge is 0.254 e. The van der Waals surface area contributed by atoms with Crippen molar-refractivity contribution in [2.45, 2.75) is 62.4 Å². The third-order valence-corrected chi connectivity index (χ3v) is 6.77. The van der Waals surface area contributed by atoms with E-state index in [-0.39, 0.29) is 24.3 Å². The van der Waals surface area contributed by atoms with Crippen molar-refractivity contribution in [2.75, 3.05) is 19.4 Å². The van der Waals surface area contributed by atoms with Crippen LogP contribution < -0.4 is 11.1 Å². The van der Waals surface area contributed by atoms with Crippen LogP contribution in [-0.2, 0) is 14.2 Å². The van der Waals surface area contributed by atoms with Gasteiger partial charge in [0.15, 0.2) is 23.5 Å². The number of aliphatic hydroxyl groups excluding tert-OH is 1. The molecular formula is C21H26N8O5. The van der Waals surface area contributed by atoms with E-state index in [0.717, 1.165) is 32.1 Å². The predicted octanol–water partition coefficient (Wildman–Crippen LogP) is 0.288. The maximum Gasteiger partial charge on any atom is 0.254 e. The molecule has 1 amide bonds. The molecule has 3 aromatic heterocycles. The topological polar surface area (TPSA) is 164 Å². The molecule has 1 spiro atoms. The number of aliphatic hydroxyl groups is 1. The number of nitrogens with two attached hydrogens (primary N) is 1. The zero-order valence-electron chi connectivity index (χ0n) is 18.6. The number of hydrogen-bond donors (Lipinski definition) is 3. The van der Waals surface area contributed by atoms with Crippen molar-refractivity contribution >= 4 is 22.9 Å². The molecule has 0 bridgehead atoms. The fraction of sp³-hybridized carbons (Fsp3) is 0.571. The first kappa shape index (κ1) is 21.4. The van der Waals surface area contributed by atoms with Gasteiger partial charge in [0.1, 0.15) is 23.8 Å². The highest BCUT2D eigenvalue weighted by Gasteiger charge is 2.58. The lowest BCUT2D eigenvalue weighted by atomic mass is 9.94. The van der Waals surface area contributed by atoms with E-state index in [4.69, 9.17) is 19.9 Å². The zero-order chi connectivity index (χ0) is 23.4. The molecule has 1 aliphatic carbocycles. The summed E-state index contributed by atoms with van der Waals surface area (Å²) in [7, 11) is 1.54. The number of ether oxygens (including phenoxy) is 3. The Bertz CT molecular complexity index is 1240. The average Bonchev–Trinajstić information content (AvgIpc) is 3.62. The molecule has 0 aromatic carbocycles. The van der Waals surface area contributed by atoms with Crippen LogP contribution in [0.4, 0.5) is 5.82 Å². The first-order chi connectivity index (χ1) is 16.5. The fourth-order valence-electron chi connectivity index (χ4n) is 5.11. The van der Waals surface area contributed by atoms with Crippen LogP contribution in [-0.4, -0.2) is 78.1 Å². The monoisotopic (exact) mass is 470 g/mol. The van der Waals surface area contributed by atoms with Gasteiger partial charge in [-0.2, -0.15) is 15.1 Å². The molecule has 34 heavy (non-hydrogen) atoms. The van der Waals surface area contributed by atoms with Gasteiger partial charge in [0.05, 0.1) is 24.7 Å². The maximum absolute atomic E-state index is 11.9. The van der Waals surface area contributed by atoms with E-state index in [2.05, 4.69) is 25.4 Å². The lowest BCUT2D eigenvalue weighted by Gasteiger charge is -2.34. The standard InChI is InChI=1S/C21H26N8O5/c1-23-18(31)11-7-25-29(8-11)20-26-16(22)13-17(27-20)28(10-24-13)19-15-14(12(9-30)32-19)33-21(34-15)5-3-2-4-6-21/h7-8,10,12,14-15,19,30H,2-6,9H2,1H3,(H,23,31)(H2,22,26,27)/t12-,14?,15+,19-/m1/s1. The van der Waals surface area contributed by atoms with Crippen LogP contribution in [0.3, 0.4) is 0 Å². The number of fused-ring (bicyclic) bond motifs is 2. The summed E-state index contributed by atoms with van der Waals surface area (Å²) in [6, 6.07) is 0. The van der Waals surface area contributed by atoms with Crippen molar-refractivity contribution in [2.24, 2.45) is 0 Å². The van der Waals surface area contributed by atoms with Gasteiger partial charge in [0.2, 0.25) is 0 Å². The summed E-state index contributed by atoms with van der Waals surface area (Å²) >= 11 is 0. The second-order valence-corrected chi connectivity index (χ2v) is 8.87. The summed E-state index contributed by atoms with van der Waals surface area (Å²) < 4.78 is 22.1. The van der Waals surface area contributed by atoms with E-state index in [1.165, 1.54) is 17.1 Å². The SMILES string of the molecule is CNC(=O)c1cnn(-c2nc(N)c3ncn([C@@H]4O[C@H](CO)C5OC6(CCCCC6)O[C@@H]54)c3n2)c1. The maximum atomic E-state index is 11.9. The first-order valence-electron chi connectivity index (χ1n) is 11.4. The van der Waals surface area contributed by atoms with Gasteiger partial charge in [0, 0.05) is 26.1 Å². The Morgan fingerprint density at radius 2 is 2.06 bits per heavy atom. The molecule has 0 radical (unpaired) electrons. The molecular weight excluding hydrogens is 444 g/mol. The summed E-state index contributed by atoms with van der Waals surface area (Å²) in [4.78, 5) is 25.2. The van der Waals surface area contributed by atoms with E-state index in [9.17, 15) is 9.90 Å².